The van der Waals surface area contributed by atoms with E-state index in [2.05, 4.69) is 39.7 Å². The lowest BCUT2D eigenvalue weighted by molar-refractivity contribution is 0.166. The zero-order valence-corrected chi connectivity index (χ0v) is 11.5. The van der Waals surface area contributed by atoms with Crippen LogP contribution in [0, 0.1) is 11.8 Å². The first kappa shape index (κ1) is 11.9. The molecule has 0 aromatic carbocycles. The van der Waals surface area contributed by atoms with E-state index < -0.39 is 0 Å². The molecule has 0 radical (unpaired) electrons. The molecule has 3 heteroatoms. The van der Waals surface area contributed by atoms with Gasteiger partial charge in [-0.1, -0.05) is 22.9 Å². The summed E-state index contributed by atoms with van der Waals surface area (Å²) in [5.41, 5.74) is 0. The highest BCUT2D eigenvalue weighted by molar-refractivity contribution is 9.09. The Morgan fingerprint density at radius 3 is 2.60 bits per heavy atom. The number of piperidine rings is 1. The topological polar surface area (TPSA) is 6.48 Å². The molecule has 0 N–H and O–H groups in total. The predicted molar refractivity (Wildman–Crippen MR) is 68.5 cm³/mol. The standard InChI is InChI=1S/C12H23BrN2/c1-10-7-15(6-4-12(10)13)9-11-3-5-14(2)8-11/h10-12H,3-9H2,1-2H3. The molecule has 0 saturated carbocycles. The molecule has 2 nitrogen and oxygen atoms in total. The van der Waals surface area contributed by atoms with Crippen molar-refractivity contribution in [3.05, 3.63) is 0 Å². The summed E-state index contributed by atoms with van der Waals surface area (Å²) in [6.07, 6.45) is 2.73. The molecular weight excluding hydrogens is 252 g/mol. The third-order valence-corrected chi connectivity index (χ3v) is 5.25. The number of hydrogen-bond donors (Lipinski definition) is 0. The summed E-state index contributed by atoms with van der Waals surface area (Å²) in [4.78, 5) is 5.89. The monoisotopic (exact) mass is 274 g/mol. The Morgan fingerprint density at radius 1 is 1.20 bits per heavy atom. The van der Waals surface area contributed by atoms with Crippen molar-refractivity contribution in [1.29, 1.82) is 0 Å². The Kier molecular flexibility index (Phi) is 4.08. The first-order valence-corrected chi connectivity index (χ1v) is 7.11. The first-order chi connectivity index (χ1) is 7.15. The maximum Gasteiger partial charge on any atom is 0.0195 e. The Labute approximate surface area is 102 Å². The number of likely N-dealkylation sites (tertiary alicyclic amines) is 2. The second-order valence-electron chi connectivity index (χ2n) is 5.46. The van der Waals surface area contributed by atoms with Crippen LogP contribution in [-0.4, -0.2) is 54.4 Å². The fourth-order valence-corrected chi connectivity index (χ4v) is 3.28. The van der Waals surface area contributed by atoms with Crippen molar-refractivity contribution in [2.45, 2.75) is 24.6 Å². The highest BCUT2D eigenvalue weighted by atomic mass is 79.9. The first-order valence-electron chi connectivity index (χ1n) is 6.20. The molecule has 0 aliphatic carbocycles. The van der Waals surface area contributed by atoms with Gasteiger partial charge in [-0.25, -0.2) is 0 Å². The van der Waals surface area contributed by atoms with Gasteiger partial charge in [0.15, 0.2) is 0 Å². The van der Waals surface area contributed by atoms with E-state index in [1.54, 1.807) is 0 Å². The normalized spacial score (nSPS) is 39.8. The van der Waals surface area contributed by atoms with Crippen LogP contribution in [0.15, 0.2) is 0 Å². The van der Waals surface area contributed by atoms with Crippen LogP contribution in [0.1, 0.15) is 19.8 Å². The minimum atomic E-state index is 0.750. The molecule has 3 unspecified atom stereocenters. The highest BCUT2D eigenvalue weighted by Gasteiger charge is 2.27. The van der Waals surface area contributed by atoms with E-state index >= 15 is 0 Å². The second kappa shape index (κ2) is 5.15. The van der Waals surface area contributed by atoms with E-state index in [-0.39, 0.29) is 0 Å². The third-order valence-electron chi connectivity index (χ3n) is 3.89. The molecule has 2 aliphatic rings. The molecule has 0 aromatic heterocycles. The third kappa shape index (κ3) is 3.18. The molecule has 15 heavy (non-hydrogen) atoms. The average molecular weight is 275 g/mol. The van der Waals surface area contributed by atoms with Gasteiger partial charge >= 0.3 is 0 Å². The number of alkyl halides is 1. The van der Waals surface area contributed by atoms with E-state index in [9.17, 15) is 0 Å². The van der Waals surface area contributed by atoms with E-state index in [4.69, 9.17) is 0 Å². The van der Waals surface area contributed by atoms with Crippen molar-refractivity contribution < 1.29 is 0 Å². The molecule has 0 aromatic rings. The van der Waals surface area contributed by atoms with E-state index in [1.807, 2.05) is 0 Å². The summed E-state index contributed by atoms with van der Waals surface area (Å²) >= 11 is 3.77. The Hall–Kier alpha value is 0.400. The van der Waals surface area contributed by atoms with Crippen LogP contribution in [0.2, 0.25) is 0 Å². The molecule has 2 heterocycles. The Bertz CT molecular complexity index is 210. The summed E-state index contributed by atoms with van der Waals surface area (Å²) < 4.78 is 0. The molecule has 0 spiro atoms. The quantitative estimate of drug-likeness (QED) is 0.712. The van der Waals surface area contributed by atoms with Gasteiger partial charge in [0.1, 0.15) is 0 Å². The fourth-order valence-electron chi connectivity index (χ4n) is 2.91. The van der Waals surface area contributed by atoms with Gasteiger partial charge in [0.25, 0.3) is 0 Å². The minimum absolute atomic E-state index is 0.750. The zero-order chi connectivity index (χ0) is 10.8. The molecule has 2 saturated heterocycles. The molecular formula is C12H23BrN2. The molecule has 0 amide bonds. The average Bonchev–Trinajstić information content (AvgIpc) is 2.58. The van der Waals surface area contributed by atoms with Crippen molar-refractivity contribution in [3.63, 3.8) is 0 Å². The number of rotatable bonds is 2. The van der Waals surface area contributed by atoms with Crippen LogP contribution in [-0.2, 0) is 0 Å². The molecule has 2 aliphatic heterocycles. The highest BCUT2D eigenvalue weighted by Crippen LogP contribution is 2.25. The summed E-state index contributed by atoms with van der Waals surface area (Å²) in [6, 6.07) is 0. The van der Waals surface area contributed by atoms with Gasteiger partial charge in [-0.15, -0.1) is 0 Å². The van der Waals surface area contributed by atoms with Crippen LogP contribution < -0.4 is 0 Å². The van der Waals surface area contributed by atoms with Crippen LogP contribution in [0.3, 0.4) is 0 Å². The largest absolute Gasteiger partial charge is 0.306 e. The Balaban J connectivity index is 1.75. The molecule has 2 rings (SSSR count). The van der Waals surface area contributed by atoms with Gasteiger partial charge in [0.2, 0.25) is 0 Å². The molecule has 2 fully saturated rings. The van der Waals surface area contributed by atoms with Crippen LogP contribution in [0.25, 0.3) is 0 Å². The molecule has 88 valence electrons. The van der Waals surface area contributed by atoms with E-state index in [0.29, 0.717) is 0 Å². The maximum atomic E-state index is 3.77. The summed E-state index contributed by atoms with van der Waals surface area (Å²) in [5, 5.41) is 0. The van der Waals surface area contributed by atoms with Gasteiger partial charge in [-0.2, -0.15) is 0 Å². The van der Waals surface area contributed by atoms with E-state index in [0.717, 1.165) is 16.7 Å². The minimum Gasteiger partial charge on any atom is -0.306 e. The van der Waals surface area contributed by atoms with Crippen molar-refractivity contribution in [3.8, 4) is 0 Å². The summed E-state index contributed by atoms with van der Waals surface area (Å²) in [7, 11) is 2.24. The lowest BCUT2D eigenvalue weighted by Gasteiger charge is -2.35. The zero-order valence-electron chi connectivity index (χ0n) is 9.95. The van der Waals surface area contributed by atoms with Crippen molar-refractivity contribution in [1.82, 2.24) is 9.80 Å². The van der Waals surface area contributed by atoms with Gasteiger partial charge in [0.05, 0.1) is 0 Å². The molecule has 0 bridgehead atoms. The van der Waals surface area contributed by atoms with Gasteiger partial charge in [0, 0.05) is 24.5 Å². The van der Waals surface area contributed by atoms with Crippen molar-refractivity contribution in [2.24, 2.45) is 11.8 Å². The number of hydrogen-bond acceptors (Lipinski definition) is 2. The summed E-state index contributed by atoms with van der Waals surface area (Å²) in [6.45, 7) is 8.88. The van der Waals surface area contributed by atoms with Gasteiger partial charge in [-0.05, 0) is 44.8 Å². The fraction of sp³-hybridized carbons (Fsp3) is 1.00. The summed E-state index contributed by atoms with van der Waals surface area (Å²) in [5.74, 6) is 1.74. The smallest absolute Gasteiger partial charge is 0.0195 e. The SMILES string of the molecule is CC1CN(CC2CCN(C)C2)CCC1Br. The van der Waals surface area contributed by atoms with Crippen LogP contribution >= 0.6 is 15.9 Å². The number of nitrogens with zero attached hydrogens (tertiary/aromatic N) is 2. The molecule has 3 atom stereocenters. The second-order valence-corrected chi connectivity index (χ2v) is 6.63. The lowest BCUT2D eigenvalue weighted by Crippen LogP contribution is -2.42. The predicted octanol–water partition coefficient (Wildman–Crippen LogP) is 2.04. The van der Waals surface area contributed by atoms with E-state index in [1.165, 1.54) is 45.6 Å². The van der Waals surface area contributed by atoms with Crippen LogP contribution in [0.5, 0.6) is 0 Å². The van der Waals surface area contributed by atoms with Crippen LogP contribution in [0.4, 0.5) is 0 Å². The lowest BCUT2D eigenvalue weighted by atomic mass is 9.98. The van der Waals surface area contributed by atoms with Gasteiger partial charge < -0.3 is 9.80 Å². The maximum absolute atomic E-state index is 3.77. The van der Waals surface area contributed by atoms with Gasteiger partial charge in [-0.3, -0.25) is 0 Å². The van der Waals surface area contributed by atoms with Crippen molar-refractivity contribution >= 4 is 15.9 Å². The van der Waals surface area contributed by atoms with Crippen molar-refractivity contribution in [2.75, 3.05) is 39.8 Å². The number of halogens is 1. The Morgan fingerprint density at radius 2 is 2.00 bits per heavy atom.